The molecule has 8 nitrogen and oxygen atoms in total. The monoisotopic (exact) mass is 435 g/mol. The predicted molar refractivity (Wildman–Crippen MR) is 116 cm³/mol. The van der Waals surface area contributed by atoms with Crippen molar-refractivity contribution in [1.82, 2.24) is 9.97 Å². The van der Waals surface area contributed by atoms with Crippen molar-refractivity contribution in [1.29, 1.82) is 0 Å². The van der Waals surface area contributed by atoms with Crippen LogP contribution in [-0.4, -0.2) is 35.7 Å². The number of ether oxygens (including phenoxy) is 1. The third-order valence-corrected chi connectivity index (χ3v) is 5.56. The zero-order valence-electron chi connectivity index (χ0n) is 16.3. The Morgan fingerprint density at radius 3 is 2.61 bits per heavy atom. The second-order valence-electron chi connectivity index (χ2n) is 6.74. The molecule has 0 radical (unpaired) electrons. The fourth-order valence-corrected chi connectivity index (χ4v) is 3.69. The molecule has 4 rings (SSSR count). The minimum atomic E-state index is -3.34. The number of rotatable bonds is 6. The van der Waals surface area contributed by atoms with Crippen molar-refractivity contribution in [2.45, 2.75) is 4.90 Å². The van der Waals surface area contributed by atoms with Crippen molar-refractivity contribution in [2.75, 3.05) is 11.6 Å². The maximum Gasteiger partial charge on any atom is 0.336 e. The van der Waals surface area contributed by atoms with Gasteiger partial charge in [0.1, 0.15) is 5.75 Å². The van der Waals surface area contributed by atoms with Gasteiger partial charge in [0.05, 0.1) is 10.5 Å². The normalized spacial score (nSPS) is 11.3. The van der Waals surface area contributed by atoms with Crippen molar-refractivity contribution in [3.05, 3.63) is 78.5 Å². The van der Waals surface area contributed by atoms with E-state index in [2.05, 4.69) is 15.3 Å². The molecule has 1 aromatic heterocycles. The molecule has 0 bridgehead atoms. The molecule has 0 saturated heterocycles. The van der Waals surface area contributed by atoms with Gasteiger partial charge < -0.3 is 15.2 Å². The van der Waals surface area contributed by atoms with Gasteiger partial charge in [-0.15, -0.1) is 0 Å². The number of carbonyl (C=O) groups is 1. The molecule has 1 heterocycles. The van der Waals surface area contributed by atoms with E-state index in [4.69, 9.17) is 4.74 Å². The Bertz CT molecular complexity index is 1400. The summed E-state index contributed by atoms with van der Waals surface area (Å²) in [4.78, 5) is 20.0. The van der Waals surface area contributed by atoms with E-state index in [1.807, 2.05) is 0 Å². The number of anilines is 2. The molecule has 9 heteroatoms. The van der Waals surface area contributed by atoms with E-state index in [1.165, 1.54) is 18.3 Å². The van der Waals surface area contributed by atoms with Crippen LogP contribution in [0.3, 0.4) is 0 Å². The lowest BCUT2D eigenvalue weighted by molar-refractivity contribution is 0.0699. The molecule has 156 valence electrons. The van der Waals surface area contributed by atoms with Crippen LogP contribution in [0.1, 0.15) is 10.4 Å². The zero-order chi connectivity index (χ0) is 22.0. The first-order valence-electron chi connectivity index (χ1n) is 9.14. The minimum Gasteiger partial charge on any atom is -0.478 e. The number of carboxylic acid groups (broad SMARTS) is 1. The summed E-state index contributed by atoms with van der Waals surface area (Å²) in [5, 5.41) is 13.6. The van der Waals surface area contributed by atoms with Crippen LogP contribution in [0.25, 0.3) is 10.8 Å². The van der Waals surface area contributed by atoms with Crippen LogP contribution in [0.15, 0.2) is 77.8 Å². The molecule has 3 aromatic carbocycles. The summed E-state index contributed by atoms with van der Waals surface area (Å²) in [6.45, 7) is 0. The van der Waals surface area contributed by atoms with E-state index in [0.29, 0.717) is 16.8 Å². The van der Waals surface area contributed by atoms with Crippen LogP contribution in [-0.2, 0) is 9.84 Å². The number of aromatic nitrogens is 2. The Balaban J connectivity index is 1.57. The summed E-state index contributed by atoms with van der Waals surface area (Å²) in [5.41, 5.74) is 0.737. The van der Waals surface area contributed by atoms with Gasteiger partial charge in [0, 0.05) is 24.2 Å². The SMILES string of the molecule is CS(=O)(=O)c1cccc(Nc2nccc(Oc3ccc4c(C(=O)O)cccc4c3)n2)c1. The number of fused-ring (bicyclic) bond motifs is 1. The Morgan fingerprint density at radius 1 is 1.03 bits per heavy atom. The number of carboxylic acids is 1. The van der Waals surface area contributed by atoms with Crippen LogP contribution >= 0.6 is 0 Å². The maximum atomic E-state index is 11.7. The minimum absolute atomic E-state index is 0.182. The standard InChI is InChI=1S/C22H17N3O5S/c1-31(28,29)17-6-3-5-15(13-17)24-22-23-11-10-20(25-22)30-16-8-9-18-14(12-16)4-2-7-19(18)21(26)27/h2-13H,1H3,(H,26,27)(H,23,24,25). The highest BCUT2D eigenvalue weighted by Crippen LogP contribution is 2.27. The molecule has 0 amide bonds. The maximum absolute atomic E-state index is 11.7. The first kappa shape index (κ1) is 20.3. The smallest absolute Gasteiger partial charge is 0.336 e. The van der Waals surface area contributed by atoms with E-state index in [1.54, 1.807) is 54.6 Å². The Morgan fingerprint density at radius 2 is 1.84 bits per heavy atom. The van der Waals surface area contributed by atoms with E-state index < -0.39 is 15.8 Å². The first-order valence-corrected chi connectivity index (χ1v) is 11.0. The van der Waals surface area contributed by atoms with Gasteiger partial charge in [-0.3, -0.25) is 0 Å². The molecule has 4 aromatic rings. The van der Waals surface area contributed by atoms with E-state index in [-0.39, 0.29) is 22.3 Å². The topological polar surface area (TPSA) is 118 Å². The van der Waals surface area contributed by atoms with Crippen LogP contribution in [0.5, 0.6) is 11.6 Å². The number of benzene rings is 3. The lowest BCUT2D eigenvalue weighted by atomic mass is 10.0. The summed E-state index contributed by atoms with van der Waals surface area (Å²) in [6.07, 6.45) is 2.65. The molecular weight excluding hydrogens is 418 g/mol. The van der Waals surface area contributed by atoms with Crippen LogP contribution in [0.4, 0.5) is 11.6 Å². The van der Waals surface area contributed by atoms with Gasteiger partial charge in [-0.2, -0.15) is 4.98 Å². The van der Waals surface area contributed by atoms with E-state index in [0.717, 1.165) is 11.6 Å². The number of hydrogen-bond donors (Lipinski definition) is 2. The highest BCUT2D eigenvalue weighted by Gasteiger charge is 2.10. The van der Waals surface area contributed by atoms with Crippen molar-refractivity contribution in [3.8, 4) is 11.6 Å². The number of nitrogens with zero attached hydrogens (tertiary/aromatic N) is 2. The highest BCUT2D eigenvalue weighted by molar-refractivity contribution is 7.90. The number of aromatic carboxylic acids is 1. The molecule has 0 fully saturated rings. The molecule has 0 aliphatic carbocycles. The van der Waals surface area contributed by atoms with Crippen LogP contribution in [0, 0.1) is 0 Å². The zero-order valence-corrected chi connectivity index (χ0v) is 17.1. The molecule has 0 saturated carbocycles. The van der Waals surface area contributed by atoms with Crippen LogP contribution < -0.4 is 10.1 Å². The highest BCUT2D eigenvalue weighted by atomic mass is 32.2. The molecule has 0 aliphatic heterocycles. The molecule has 0 unspecified atom stereocenters. The average Bonchev–Trinajstić information content (AvgIpc) is 2.73. The van der Waals surface area contributed by atoms with Crippen molar-refractivity contribution >= 4 is 38.2 Å². The first-order chi connectivity index (χ1) is 14.8. The lowest BCUT2D eigenvalue weighted by Gasteiger charge is -2.10. The molecule has 2 N–H and O–H groups in total. The summed E-state index contributed by atoms with van der Waals surface area (Å²) >= 11 is 0. The second-order valence-corrected chi connectivity index (χ2v) is 8.75. The summed E-state index contributed by atoms with van der Waals surface area (Å²) < 4.78 is 29.3. The van der Waals surface area contributed by atoms with Gasteiger partial charge in [-0.1, -0.05) is 18.2 Å². The predicted octanol–water partition coefficient (Wildman–Crippen LogP) is 4.27. The third-order valence-electron chi connectivity index (χ3n) is 4.45. The third kappa shape index (κ3) is 4.62. The van der Waals surface area contributed by atoms with Crippen LogP contribution in [0.2, 0.25) is 0 Å². The Kier molecular flexibility index (Phi) is 5.26. The second kappa shape index (κ2) is 8.04. The quantitative estimate of drug-likeness (QED) is 0.461. The van der Waals surface area contributed by atoms with Crippen molar-refractivity contribution < 1.29 is 23.1 Å². The fraction of sp³-hybridized carbons (Fsp3) is 0.0455. The fourth-order valence-electron chi connectivity index (χ4n) is 3.03. The molecule has 31 heavy (non-hydrogen) atoms. The van der Waals surface area contributed by atoms with Crippen molar-refractivity contribution in [2.24, 2.45) is 0 Å². The number of sulfone groups is 1. The van der Waals surface area contributed by atoms with Gasteiger partial charge in [0.15, 0.2) is 9.84 Å². The molecular formula is C22H17N3O5S. The summed E-state index contributed by atoms with van der Waals surface area (Å²) in [7, 11) is -3.34. The molecule has 0 atom stereocenters. The van der Waals surface area contributed by atoms with E-state index >= 15 is 0 Å². The summed E-state index contributed by atoms with van der Waals surface area (Å²) in [5.74, 6) is -0.00731. The average molecular weight is 435 g/mol. The van der Waals surface area contributed by atoms with Gasteiger partial charge in [-0.05, 0) is 53.2 Å². The largest absolute Gasteiger partial charge is 0.478 e. The number of hydrogen-bond acceptors (Lipinski definition) is 7. The Hall–Kier alpha value is -3.98. The Labute approximate surface area is 178 Å². The summed E-state index contributed by atoms with van der Waals surface area (Å²) in [6, 6.07) is 18.0. The lowest BCUT2D eigenvalue weighted by Crippen LogP contribution is -2.01. The van der Waals surface area contributed by atoms with Gasteiger partial charge in [-0.25, -0.2) is 18.2 Å². The van der Waals surface area contributed by atoms with Gasteiger partial charge in [0.25, 0.3) is 0 Å². The van der Waals surface area contributed by atoms with Crippen molar-refractivity contribution in [3.63, 3.8) is 0 Å². The number of nitrogens with one attached hydrogen (secondary N) is 1. The molecule has 0 spiro atoms. The molecule has 0 aliphatic rings. The van der Waals surface area contributed by atoms with E-state index in [9.17, 15) is 18.3 Å². The van der Waals surface area contributed by atoms with Gasteiger partial charge in [0.2, 0.25) is 11.8 Å². The van der Waals surface area contributed by atoms with Gasteiger partial charge >= 0.3 is 5.97 Å².